The lowest BCUT2D eigenvalue weighted by Crippen LogP contribution is -2.14. The Bertz CT molecular complexity index is 872. The van der Waals surface area contributed by atoms with Crippen molar-refractivity contribution >= 4 is 23.4 Å². The van der Waals surface area contributed by atoms with Gasteiger partial charge in [0.2, 0.25) is 0 Å². The number of benzene rings is 2. The molecule has 0 fully saturated rings. The predicted molar refractivity (Wildman–Crippen MR) is 95.7 cm³/mol. The lowest BCUT2D eigenvalue weighted by Gasteiger charge is -2.17. The number of anilines is 1. The van der Waals surface area contributed by atoms with E-state index in [1.807, 2.05) is 19.0 Å². The van der Waals surface area contributed by atoms with Crippen LogP contribution in [0.25, 0.3) is 0 Å². The van der Waals surface area contributed by atoms with Crippen LogP contribution in [-0.4, -0.2) is 48.6 Å². The van der Waals surface area contributed by atoms with Crippen molar-refractivity contribution in [2.75, 3.05) is 25.6 Å². The maximum Gasteiger partial charge on any atom is 0.336 e. The molecule has 0 atom stereocenters. The SMILES string of the molecule is CCOc1cc(N(C)C)ccc1C(=O)c1cc(C(=O)O)ccc1C(=O)O. The standard InChI is InChI=1S/C19H19NO6/c1-4-26-16-10-12(20(2)3)6-8-14(16)17(21)15-9-11(18(22)23)5-7-13(15)19(24)25/h5-10H,4H2,1-3H3,(H,22,23)(H,24,25). The molecule has 0 saturated carbocycles. The van der Waals surface area contributed by atoms with Crippen LogP contribution in [0.1, 0.15) is 43.6 Å². The summed E-state index contributed by atoms with van der Waals surface area (Å²) < 4.78 is 5.54. The lowest BCUT2D eigenvalue weighted by molar-refractivity contribution is 0.0679. The van der Waals surface area contributed by atoms with E-state index >= 15 is 0 Å². The summed E-state index contributed by atoms with van der Waals surface area (Å²) in [6, 6.07) is 8.27. The van der Waals surface area contributed by atoms with Gasteiger partial charge in [-0.1, -0.05) is 0 Å². The summed E-state index contributed by atoms with van der Waals surface area (Å²) >= 11 is 0. The number of hydrogen-bond acceptors (Lipinski definition) is 5. The van der Waals surface area contributed by atoms with Gasteiger partial charge in [-0.15, -0.1) is 0 Å². The lowest BCUT2D eigenvalue weighted by atomic mass is 9.95. The van der Waals surface area contributed by atoms with Crippen molar-refractivity contribution in [1.82, 2.24) is 0 Å². The molecule has 0 aromatic heterocycles. The zero-order valence-electron chi connectivity index (χ0n) is 14.6. The van der Waals surface area contributed by atoms with Gasteiger partial charge in [-0.3, -0.25) is 4.79 Å². The molecule has 0 aliphatic carbocycles. The van der Waals surface area contributed by atoms with Crippen LogP contribution in [-0.2, 0) is 0 Å². The second kappa shape index (κ2) is 7.69. The van der Waals surface area contributed by atoms with E-state index in [1.165, 1.54) is 0 Å². The van der Waals surface area contributed by atoms with E-state index < -0.39 is 17.7 Å². The number of ether oxygens (including phenoxy) is 1. The fraction of sp³-hybridized carbons (Fsp3) is 0.211. The molecule has 2 aromatic rings. The number of carbonyl (C=O) groups excluding carboxylic acids is 1. The summed E-state index contributed by atoms with van der Waals surface area (Å²) in [5, 5.41) is 18.5. The van der Waals surface area contributed by atoms with Gasteiger partial charge in [0.15, 0.2) is 5.78 Å². The second-order valence-corrected chi connectivity index (χ2v) is 5.71. The second-order valence-electron chi connectivity index (χ2n) is 5.71. The summed E-state index contributed by atoms with van der Waals surface area (Å²) in [7, 11) is 3.68. The van der Waals surface area contributed by atoms with Gasteiger partial charge >= 0.3 is 11.9 Å². The van der Waals surface area contributed by atoms with Crippen LogP contribution in [0.15, 0.2) is 36.4 Å². The van der Waals surface area contributed by atoms with Crippen molar-refractivity contribution in [2.45, 2.75) is 6.92 Å². The maximum atomic E-state index is 13.0. The van der Waals surface area contributed by atoms with Crippen molar-refractivity contribution in [2.24, 2.45) is 0 Å². The molecule has 7 heteroatoms. The van der Waals surface area contributed by atoms with Gasteiger partial charge in [0.05, 0.1) is 23.3 Å². The van der Waals surface area contributed by atoms with E-state index in [0.29, 0.717) is 12.4 Å². The average Bonchev–Trinajstić information content (AvgIpc) is 2.60. The molecule has 0 aliphatic rings. The van der Waals surface area contributed by atoms with Gasteiger partial charge in [0.25, 0.3) is 0 Å². The van der Waals surface area contributed by atoms with Crippen molar-refractivity contribution in [3.8, 4) is 5.75 Å². The first-order chi connectivity index (χ1) is 12.3. The minimum Gasteiger partial charge on any atom is -0.493 e. The highest BCUT2D eigenvalue weighted by Crippen LogP contribution is 2.28. The van der Waals surface area contributed by atoms with Crippen LogP contribution in [0.4, 0.5) is 5.69 Å². The van der Waals surface area contributed by atoms with Crippen molar-refractivity contribution < 1.29 is 29.3 Å². The van der Waals surface area contributed by atoms with E-state index in [-0.39, 0.29) is 22.3 Å². The molecule has 7 nitrogen and oxygen atoms in total. The summed E-state index contributed by atoms with van der Waals surface area (Å²) in [6.45, 7) is 2.09. The van der Waals surface area contributed by atoms with Gasteiger partial charge in [-0.25, -0.2) is 9.59 Å². The van der Waals surface area contributed by atoms with Crippen LogP contribution < -0.4 is 9.64 Å². The highest BCUT2D eigenvalue weighted by atomic mass is 16.5. The van der Waals surface area contributed by atoms with Crippen molar-refractivity contribution in [3.63, 3.8) is 0 Å². The number of carboxylic acid groups (broad SMARTS) is 2. The van der Waals surface area contributed by atoms with Crippen molar-refractivity contribution in [1.29, 1.82) is 0 Å². The quantitative estimate of drug-likeness (QED) is 0.734. The topological polar surface area (TPSA) is 104 Å². The van der Waals surface area contributed by atoms with Crippen LogP contribution in [0.5, 0.6) is 5.75 Å². The normalized spacial score (nSPS) is 10.3. The fourth-order valence-corrected chi connectivity index (χ4v) is 2.45. The Kier molecular flexibility index (Phi) is 5.61. The number of rotatable bonds is 7. The Morgan fingerprint density at radius 1 is 0.923 bits per heavy atom. The number of ketones is 1. The molecule has 0 radical (unpaired) electrons. The Morgan fingerprint density at radius 3 is 2.12 bits per heavy atom. The summed E-state index contributed by atoms with van der Waals surface area (Å²) in [4.78, 5) is 37.5. The number of carboxylic acids is 2. The fourth-order valence-electron chi connectivity index (χ4n) is 2.45. The average molecular weight is 357 g/mol. The van der Waals surface area contributed by atoms with E-state index in [0.717, 1.165) is 23.9 Å². The van der Waals surface area contributed by atoms with Gasteiger partial charge < -0.3 is 19.8 Å². The first kappa shape index (κ1) is 19.0. The zero-order chi connectivity index (χ0) is 19.4. The number of aromatic carboxylic acids is 2. The molecule has 26 heavy (non-hydrogen) atoms. The molecular formula is C19H19NO6. The summed E-state index contributed by atoms with van der Waals surface area (Å²) in [5.41, 5.74) is 0.349. The first-order valence-corrected chi connectivity index (χ1v) is 7.85. The maximum absolute atomic E-state index is 13.0. The van der Waals surface area contributed by atoms with Gasteiger partial charge in [0.1, 0.15) is 5.75 Å². The highest BCUT2D eigenvalue weighted by Gasteiger charge is 2.23. The third kappa shape index (κ3) is 3.83. The molecule has 0 saturated heterocycles. The van der Waals surface area contributed by atoms with Gasteiger partial charge in [-0.2, -0.15) is 0 Å². The minimum atomic E-state index is -1.31. The third-order valence-electron chi connectivity index (χ3n) is 3.77. The Hall–Kier alpha value is -3.35. The van der Waals surface area contributed by atoms with E-state index in [2.05, 4.69) is 0 Å². The summed E-state index contributed by atoms with van der Waals surface area (Å²) in [6.07, 6.45) is 0. The molecule has 0 heterocycles. The molecule has 2 rings (SSSR count). The predicted octanol–water partition coefficient (Wildman–Crippen LogP) is 2.78. The third-order valence-corrected chi connectivity index (χ3v) is 3.77. The Morgan fingerprint density at radius 2 is 1.58 bits per heavy atom. The van der Waals surface area contributed by atoms with Crippen LogP contribution in [0.2, 0.25) is 0 Å². The van der Waals surface area contributed by atoms with Crippen LogP contribution in [0, 0.1) is 0 Å². The number of carbonyl (C=O) groups is 3. The zero-order valence-corrected chi connectivity index (χ0v) is 14.6. The van der Waals surface area contributed by atoms with Gasteiger partial charge in [0, 0.05) is 31.4 Å². The summed E-state index contributed by atoms with van der Waals surface area (Å²) in [5.74, 6) is -2.86. The smallest absolute Gasteiger partial charge is 0.336 e. The Balaban J connectivity index is 2.63. The van der Waals surface area contributed by atoms with Crippen LogP contribution in [0.3, 0.4) is 0 Å². The Labute approximate surface area is 150 Å². The number of hydrogen-bond donors (Lipinski definition) is 2. The molecule has 136 valence electrons. The highest BCUT2D eigenvalue weighted by molar-refractivity contribution is 6.16. The minimum absolute atomic E-state index is 0.166. The molecule has 0 spiro atoms. The molecular weight excluding hydrogens is 338 g/mol. The largest absolute Gasteiger partial charge is 0.493 e. The molecule has 0 amide bonds. The van der Waals surface area contributed by atoms with E-state index in [1.54, 1.807) is 25.1 Å². The molecule has 0 unspecified atom stereocenters. The molecule has 2 aromatic carbocycles. The van der Waals surface area contributed by atoms with Gasteiger partial charge in [-0.05, 0) is 37.3 Å². The monoisotopic (exact) mass is 357 g/mol. The van der Waals surface area contributed by atoms with Crippen LogP contribution >= 0.6 is 0 Å². The molecule has 0 bridgehead atoms. The molecule has 0 aliphatic heterocycles. The molecule has 2 N–H and O–H groups in total. The first-order valence-electron chi connectivity index (χ1n) is 7.85. The van der Waals surface area contributed by atoms with E-state index in [9.17, 15) is 19.5 Å². The van der Waals surface area contributed by atoms with Crippen molar-refractivity contribution in [3.05, 3.63) is 58.7 Å². The number of nitrogens with zero attached hydrogens (tertiary/aromatic N) is 1. The van der Waals surface area contributed by atoms with E-state index in [4.69, 9.17) is 9.84 Å².